The monoisotopic (exact) mass is 1240 g/mol. The predicted molar refractivity (Wildman–Crippen MR) is 372 cm³/mol. The predicted octanol–water partition coefficient (Wildman–Crippen LogP) is 12.6. The minimum absolute atomic E-state index is 0.0779. The van der Waals surface area contributed by atoms with Crippen molar-refractivity contribution in [1.82, 2.24) is 0 Å². The first-order chi connectivity index (χ1) is 43.2. The molecule has 0 bridgehead atoms. The molecular weight excluding hydrogens is 1190 g/mol. The normalized spacial score (nSPS) is 12.9. The Hall–Kier alpha value is -9.97. The van der Waals surface area contributed by atoms with Crippen LogP contribution >= 0.6 is 0 Å². The molecule has 0 spiro atoms. The Morgan fingerprint density at radius 3 is 0.862 bits per heavy atom. The molecule has 0 radical (unpaired) electrons. The van der Waals surface area contributed by atoms with Gasteiger partial charge in [-0.05, 0) is 0 Å². The van der Waals surface area contributed by atoms with Crippen molar-refractivity contribution in [1.29, 1.82) is 0 Å². The summed E-state index contributed by atoms with van der Waals surface area (Å²) in [4.78, 5) is 12.7. The Bertz CT molecular complexity index is 4350. The summed E-state index contributed by atoms with van der Waals surface area (Å²) in [6.45, 7) is -0.156. The summed E-state index contributed by atoms with van der Waals surface area (Å²) in [5.74, 6) is 0. The van der Waals surface area contributed by atoms with E-state index in [0.717, 1.165) is 56.9 Å². The van der Waals surface area contributed by atoms with Crippen LogP contribution in [0.2, 0.25) is 0 Å². The second-order valence-electron chi connectivity index (χ2n) is 22.4. The molecule has 4 aliphatic rings. The first-order valence-electron chi connectivity index (χ1n) is 29.7. The summed E-state index contributed by atoms with van der Waals surface area (Å²) < 4.78 is 5.63. The number of anilines is 15. The summed E-state index contributed by atoms with van der Waals surface area (Å²) in [6.07, 6.45) is 0. The third-order valence-corrected chi connectivity index (χ3v) is 22.4. The van der Waals surface area contributed by atoms with E-state index in [0.29, 0.717) is 0 Å². The van der Waals surface area contributed by atoms with Gasteiger partial charge in [0.25, 0.3) is 0 Å². The average molecular weight is 1240 g/mol. The zero-order chi connectivity index (χ0) is 57.4. The minimum atomic E-state index is -0.207. The van der Waals surface area contributed by atoms with Gasteiger partial charge in [-0.25, -0.2) is 0 Å². The van der Waals surface area contributed by atoms with Crippen molar-refractivity contribution >= 4 is 179 Å². The molecule has 87 heavy (non-hydrogen) atoms. The second-order valence-corrected chi connectivity index (χ2v) is 26.8. The molecule has 17 rings (SSSR count). The van der Waals surface area contributed by atoms with E-state index in [1.165, 1.54) is 79.1 Å². The number of para-hydroxylation sites is 10. The van der Waals surface area contributed by atoms with Crippen LogP contribution in [0.3, 0.4) is 0 Å². The fourth-order valence-corrected chi connectivity index (χ4v) is 19.7. The molecule has 9 heteroatoms. The van der Waals surface area contributed by atoms with Crippen molar-refractivity contribution in [2.75, 3.05) is 24.5 Å². The molecule has 4 aliphatic heterocycles. The van der Waals surface area contributed by atoms with Gasteiger partial charge in [0, 0.05) is 0 Å². The van der Waals surface area contributed by atoms with E-state index in [1.807, 2.05) is 0 Å². The van der Waals surface area contributed by atoms with Gasteiger partial charge in [-0.2, -0.15) is 0 Å². The maximum atomic E-state index is 2.73. The van der Waals surface area contributed by atoms with Gasteiger partial charge in [-0.15, -0.1) is 0 Å². The van der Waals surface area contributed by atoms with Gasteiger partial charge in [0.05, 0.1) is 0 Å². The quantitative estimate of drug-likeness (QED) is 0.120. The molecular formula is C78H53B2N5Se2. The molecule has 0 unspecified atom stereocenters. The Morgan fingerprint density at radius 1 is 0.241 bits per heavy atom. The number of nitrogens with zero attached hydrogens (tertiary/aromatic N) is 5. The summed E-state index contributed by atoms with van der Waals surface area (Å²) >= 11 is -0.414. The molecule has 0 N–H and O–H groups in total. The summed E-state index contributed by atoms with van der Waals surface area (Å²) in [7, 11) is 0. The second kappa shape index (κ2) is 21.5. The molecule has 0 amide bonds. The summed E-state index contributed by atoms with van der Waals surface area (Å²) in [5.41, 5.74) is 25.6. The van der Waals surface area contributed by atoms with Gasteiger partial charge in [0.2, 0.25) is 0 Å². The summed E-state index contributed by atoms with van der Waals surface area (Å²) in [5, 5.41) is 0. The maximum absolute atomic E-state index is 2.73. The molecule has 0 fully saturated rings. The topological polar surface area (TPSA) is 16.2 Å². The third-order valence-electron chi connectivity index (χ3n) is 17.4. The van der Waals surface area contributed by atoms with Crippen LogP contribution in [0.1, 0.15) is 0 Å². The molecule has 0 saturated carbocycles. The van der Waals surface area contributed by atoms with Crippen molar-refractivity contribution in [2.45, 2.75) is 0 Å². The Morgan fingerprint density at radius 2 is 0.529 bits per heavy atom. The SMILES string of the molecule is c1ccc(N(c2ccccc2)c2cc3c4c(c2)N(c2ccccc2)c2ccccc2B4c2cc4c(c(N(c5ccccc5)c5ccccc5)c2[Se]3)[Se]c2cc(N(c3ccccc3)c3ccccc3)cc3c2B4c2ccccc2N3c2ccccc2)cc1. The first kappa shape index (κ1) is 51.4. The van der Waals surface area contributed by atoms with Crippen LogP contribution in [0.4, 0.5) is 85.3 Å². The van der Waals surface area contributed by atoms with E-state index in [2.05, 4.69) is 346 Å². The van der Waals surface area contributed by atoms with Crippen molar-refractivity contribution in [3.8, 4) is 0 Å². The number of hydrogen-bond donors (Lipinski definition) is 0. The molecule has 13 aromatic rings. The van der Waals surface area contributed by atoms with Gasteiger partial charge in [0.15, 0.2) is 0 Å². The summed E-state index contributed by atoms with van der Waals surface area (Å²) in [6, 6.07) is 119. The molecule has 0 aliphatic carbocycles. The standard InChI is InChI=1S/C78H53B2N5Se2/c1-9-29-54(30-10-1)81(55-31-11-2-12-32-55)62-49-70-74-72(51-62)86-77-66(79(74)64-45-25-27-47-68(64)84(70)60-41-21-7-22-42-60)53-67-78(76(77)83(58-37-17-5-18-38-58)59-39-19-6-20-40-59)87-73-52-63(82(56-33-13-3-14-34-56)57-35-15-4-16-36-57)50-71-75(73)80(67)65-46-26-28-48-69(65)85(71)61-43-23-8-24-44-61/h1-53H. The van der Waals surface area contributed by atoms with Gasteiger partial charge >= 0.3 is 525 Å². The molecule has 13 aromatic carbocycles. The van der Waals surface area contributed by atoms with Crippen molar-refractivity contribution < 1.29 is 0 Å². The van der Waals surface area contributed by atoms with Crippen LogP contribution < -0.4 is 75.1 Å². The van der Waals surface area contributed by atoms with Gasteiger partial charge in [-0.3, -0.25) is 0 Å². The van der Waals surface area contributed by atoms with Crippen molar-refractivity contribution in [3.63, 3.8) is 0 Å². The zero-order valence-electron chi connectivity index (χ0n) is 47.3. The van der Waals surface area contributed by atoms with E-state index in [4.69, 9.17) is 0 Å². The zero-order valence-corrected chi connectivity index (χ0v) is 50.7. The number of fused-ring (bicyclic) bond motifs is 8. The molecule has 0 aromatic heterocycles. The molecule has 0 atom stereocenters. The number of benzene rings is 13. The Kier molecular flexibility index (Phi) is 12.7. The van der Waals surface area contributed by atoms with Crippen LogP contribution in [-0.4, -0.2) is 43.3 Å². The molecule has 0 saturated heterocycles. The molecule has 4 heterocycles. The molecule has 5 nitrogen and oxygen atoms in total. The Labute approximate surface area is 521 Å². The van der Waals surface area contributed by atoms with Crippen molar-refractivity contribution in [2.24, 2.45) is 0 Å². The fraction of sp³-hybridized carbons (Fsp3) is 0. The van der Waals surface area contributed by atoms with E-state index in [-0.39, 0.29) is 43.3 Å². The van der Waals surface area contributed by atoms with Crippen molar-refractivity contribution in [3.05, 3.63) is 322 Å². The van der Waals surface area contributed by atoms with Gasteiger partial charge in [0.1, 0.15) is 0 Å². The third kappa shape index (κ3) is 8.61. The van der Waals surface area contributed by atoms with Crippen LogP contribution in [0.15, 0.2) is 322 Å². The van der Waals surface area contributed by atoms with Crippen LogP contribution in [0, 0.1) is 0 Å². The number of hydrogen-bond acceptors (Lipinski definition) is 5. The van der Waals surface area contributed by atoms with E-state index >= 15 is 0 Å². The van der Waals surface area contributed by atoms with E-state index in [1.54, 1.807) is 0 Å². The molecule has 408 valence electrons. The fourth-order valence-electron chi connectivity index (χ4n) is 13.9. The Balaban J connectivity index is 0.990. The number of rotatable bonds is 11. The first-order valence-corrected chi connectivity index (χ1v) is 33.2. The van der Waals surface area contributed by atoms with Gasteiger partial charge in [-0.1, -0.05) is 0 Å². The van der Waals surface area contributed by atoms with Crippen LogP contribution in [-0.2, 0) is 0 Å². The van der Waals surface area contributed by atoms with E-state index < -0.39 is 0 Å². The van der Waals surface area contributed by atoms with Gasteiger partial charge < -0.3 is 0 Å². The van der Waals surface area contributed by atoms with Crippen LogP contribution in [0.5, 0.6) is 0 Å². The van der Waals surface area contributed by atoms with E-state index in [9.17, 15) is 0 Å². The van der Waals surface area contributed by atoms with Crippen LogP contribution in [0.25, 0.3) is 0 Å². The average Bonchev–Trinajstić information content (AvgIpc) is 0.808.